The van der Waals surface area contributed by atoms with Gasteiger partial charge < -0.3 is 15.2 Å². The molecule has 0 bridgehead atoms. The highest BCUT2D eigenvalue weighted by Crippen LogP contribution is 2.41. The first kappa shape index (κ1) is 10.8. The number of rotatable bonds is 0. The largest absolute Gasteiger partial charge is 0.508 e. The Hall–Kier alpha value is -1.38. The summed E-state index contributed by atoms with van der Waals surface area (Å²) in [4.78, 5) is 0. The van der Waals surface area contributed by atoms with E-state index in [1.165, 1.54) is 32.1 Å². The number of fused-ring (bicyclic) bond motifs is 1. The maximum atomic E-state index is 9.49. The number of benzene rings is 1. The summed E-state index contributed by atoms with van der Waals surface area (Å²) < 4.78 is 5.92. The second-order valence-corrected chi connectivity index (χ2v) is 5.38. The minimum absolute atomic E-state index is 0.291. The van der Waals surface area contributed by atoms with Crippen LogP contribution in [-0.4, -0.2) is 18.3 Å². The molecule has 0 atom stereocenters. The summed E-state index contributed by atoms with van der Waals surface area (Å²) >= 11 is 0. The number of anilines is 1. The van der Waals surface area contributed by atoms with E-state index in [0.29, 0.717) is 11.2 Å². The first-order valence-corrected chi connectivity index (χ1v) is 6.47. The molecule has 1 aliphatic heterocycles. The monoisotopic (exact) mass is 233 g/mol. The third-order valence-electron chi connectivity index (χ3n) is 4.07. The van der Waals surface area contributed by atoms with Crippen LogP contribution in [0, 0.1) is 5.41 Å². The summed E-state index contributed by atoms with van der Waals surface area (Å²) in [5.41, 5.74) is 1.22. The van der Waals surface area contributed by atoms with E-state index < -0.39 is 0 Å². The molecule has 1 saturated carbocycles. The molecule has 1 spiro atoms. The average molecular weight is 233 g/mol. The van der Waals surface area contributed by atoms with E-state index in [2.05, 4.69) is 5.32 Å². The molecule has 1 heterocycles. The molecule has 17 heavy (non-hydrogen) atoms. The molecule has 3 heteroatoms. The number of phenols is 1. The van der Waals surface area contributed by atoms with E-state index in [-0.39, 0.29) is 0 Å². The quantitative estimate of drug-likeness (QED) is 0.723. The molecule has 1 aromatic rings. The van der Waals surface area contributed by atoms with Crippen molar-refractivity contribution in [3.05, 3.63) is 18.2 Å². The van der Waals surface area contributed by atoms with Gasteiger partial charge in [0, 0.05) is 18.0 Å². The molecule has 2 aliphatic rings. The molecule has 0 saturated heterocycles. The number of phenolic OH excluding ortho intramolecular Hbond substituents is 1. The van der Waals surface area contributed by atoms with Gasteiger partial charge in [0.15, 0.2) is 0 Å². The smallest absolute Gasteiger partial charge is 0.142 e. The number of hydrogen-bond donors (Lipinski definition) is 2. The van der Waals surface area contributed by atoms with Gasteiger partial charge in [0.25, 0.3) is 0 Å². The Kier molecular flexibility index (Phi) is 2.61. The van der Waals surface area contributed by atoms with Crippen molar-refractivity contribution in [3.63, 3.8) is 0 Å². The first-order chi connectivity index (χ1) is 8.27. The van der Waals surface area contributed by atoms with Gasteiger partial charge in [-0.25, -0.2) is 0 Å². The number of aromatic hydroxyl groups is 1. The van der Waals surface area contributed by atoms with Crippen molar-refractivity contribution in [1.29, 1.82) is 0 Å². The van der Waals surface area contributed by atoms with Gasteiger partial charge in [-0.15, -0.1) is 0 Å². The molecular weight excluding hydrogens is 214 g/mol. The second-order valence-electron chi connectivity index (χ2n) is 5.38. The SMILES string of the molecule is Oc1ccc2c(c1)NCC1(CCCCC1)CO2. The summed E-state index contributed by atoms with van der Waals surface area (Å²) in [6, 6.07) is 5.27. The third-order valence-corrected chi connectivity index (χ3v) is 4.07. The zero-order valence-electron chi connectivity index (χ0n) is 10.0. The highest BCUT2D eigenvalue weighted by atomic mass is 16.5. The van der Waals surface area contributed by atoms with Crippen LogP contribution >= 0.6 is 0 Å². The Morgan fingerprint density at radius 3 is 2.82 bits per heavy atom. The summed E-state index contributed by atoms with van der Waals surface area (Å²) in [5.74, 6) is 1.16. The van der Waals surface area contributed by atoms with Crippen LogP contribution in [0.5, 0.6) is 11.5 Å². The fourth-order valence-electron chi connectivity index (χ4n) is 2.97. The molecule has 1 fully saturated rings. The maximum Gasteiger partial charge on any atom is 0.142 e. The van der Waals surface area contributed by atoms with Crippen molar-refractivity contribution in [3.8, 4) is 11.5 Å². The number of hydrogen-bond acceptors (Lipinski definition) is 3. The van der Waals surface area contributed by atoms with Crippen molar-refractivity contribution in [2.75, 3.05) is 18.5 Å². The van der Waals surface area contributed by atoms with E-state index in [4.69, 9.17) is 4.74 Å². The minimum atomic E-state index is 0.291. The van der Waals surface area contributed by atoms with Crippen LogP contribution in [0.25, 0.3) is 0 Å². The van der Waals surface area contributed by atoms with Crippen molar-refractivity contribution in [2.24, 2.45) is 5.41 Å². The lowest BCUT2D eigenvalue weighted by Crippen LogP contribution is -2.36. The van der Waals surface area contributed by atoms with Crippen LogP contribution in [-0.2, 0) is 0 Å². The lowest BCUT2D eigenvalue weighted by molar-refractivity contribution is 0.115. The van der Waals surface area contributed by atoms with Gasteiger partial charge in [0.2, 0.25) is 0 Å². The van der Waals surface area contributed by atoms with E-state index in [9.17, 15) is 5.11 Å². The number of ether oxygens (including phenoxy) is 1. The van der Waals surface area contributed by atoms with Gasteiger partial charge >= 0.3 is 0 Å². The average Bonchev–Trinajstić information content (AvgIpc) is 2.52. The lowest BCUT2D eigenvalue weighted by atomic mass is 9.74. The maximum absolute atomic E-state index is 9.49. The predicted octanol–water partition coefficient (Wildman–Crippen LogP) is 3.15. The van der Waals surface area contributed by atoms with Gasteiger partial charge in [0.05, 0.1) is 12.3 Å². The van der Waals surface area contributed by atoms with Gasteiger partial charge in [-0.3, -0.25) is 0 Å². The summed E-state index contributed by atoms with van der Waals surface area (Å²) in [5, 5.41) is 12.9. The molecule has 1 aromatic carbocycles. The zero-order valence-corrected chi connectivity index (χ0v) is 10.0. The normalized spacial score (nSPS) is 22.1. The van der Waals surface area contributed by atoms with Crippen molar-refractivity contribution in [1.82, 2.24) is 0 Å². The van der Waals surface area contributed by atoms with Gasteiger partial charge in [-0.1, -0.05) is 19.3 Å². The van der Waals surface area contributed by atoms with Crippen molar-refractivity contribution in [2.45, 2.75) is 32.1 Å². The molecule has 0 unspecified atom stereocenters. The summed E-state index contributed by atoms with van der Waals surface area (Å²) in [6.07, 6.45) is 6.48. The summed E-state index contributed by atoms with van der Waals surface area (Å²) in [6.45, 7) is 1.77. The molecule has 0 amide bonds. The van der Waals surface area contributed by atoms with E-state index in [1.54, 1.807) is 12.1 Å². The molecule has 3 nitrogen and oxygen atoms in total. The van der Waals surface area contributed by atoms with Crippen LogP contribution in [0.1, 0.15) is 32.1 Å². The zero-order chi connectivity index (χ0) is 11.7. The van der Waals surface area contributed by atoms with Gasteiger partial charge in [-0.2, -0.15) is 0 Å². The molecule has 2 N–H and O–H groups in total. The van der Waals surface area contributed by atoms with Gasteiger partial charge in [0.1, 0.15) is 11.5 Å². The van der Waals surface area contributed by atoms with Gasteiger partial charge in [-0.05, 0) is 25.0 Å². The van der Waals surface area contributed by atoms with E-state index >= 15 is 0 Å². The van der Waals surface area contributed by atoms with Crippen molar-refractivity contribution < 1.29 is 9.84 Å². The van der Waals surface area contributed by atoms with Crippen LogP contribution in [0.15, 0.2) is 18.2 Å². The Morgan fingerprint density at radius 2 is 2.00 bits per heavy atom. The van der Waals surface area contributed by atoms with E-state index in [0.717, 1.165) is 24.6 Å². The second kappa shape index (κ2) is 4.13. The topological polar surface area (TPSA) is 41.5 Å². The highest BCUT2D eigenvalue weighted by Gasteiger charge is 2.34. The van der Waals surface area contributed by atoms with Crippen LogP contribution in [0.3, 0.4) is 0 Å². The molecule has 92 valence electrons. The third kappa shape index (κ3) is 2.06. The van der Waals surface area contributed by atoms with Crippen LogP contribution in [0.2, 0.25) is 0 Å². The molecule has 0 radical (unpaired) electrons. The Labute approximate surface area is 102 Å². The molecule has 3 rings (SSSR count). The molecule has 1 aliphatic carbocycles. The standard InChI is InChI=1S/C14H19NO2/c16-11-4-5-13-12(8-11)15-9-14(10-17-13)6-2-1-3-7-14/h4-5,8,15-16H,1-3,6-7,9-10H2. The fourth-order valence-corrected chi connectivity index (χ4v) is 2.97. The van der Waals surface area contributed by atoms with Crippen LogP contribution < -0.4 is 10.1 Å². The number of nitrogens with one attached hydrogen (secondary N) is 1. The van der Waals surface area contributed by atoms with Crippen molar-refractivity contribution >= 4 is 5.69 Å². The summed E-state index contributed by atoms with van der Waals surface area (Å²) in [7, 11) is 0. The minimum Gasteiger partial charge on any atom is -0.508 e. The first-order valence-electron chi connectivity index (χ1n) is 6.47. The Morgan fingerprint density at radius 1 is 1.18 bits per heavy atom. The lowest BCUT2D eigenvalue weighted by Gasteiger charge is -2.35. The highest BCUT2D eigenvalue weighted by molar-refractivity contribution is 5.60. The van der Waals surface area contributed by atoms with Crippen LogP contribution in [0.4, 0.5) is 5.69 Å². The van der Waals surface area contributed by atoms with E-state index in [1.807, 2.05) is 6.07 Å². The molecular formula is C14H19NO2. The Bertz CT molecular complexity index is 411. The Balaban J connectivity index is 1.82. The molecule has 0 aromatic heterocycles. The fraction of sp³-hybridized carbons (Fsp3) is 0.571. The predicted molar refractivity (Wildman–Crippen MR) is 67.6 cm³/mol.